The van der Waals surface area contributed by atoms with Crippen LogP contribution >= 0.6 is 0 Å². The monoisotopic (exact) mass is 408 g/mol. The highest BCUT2D eigenvalue weighted by Gasteiger charge is 2.25. The van der Waals surface area contributed by atoms with Gasteiger partial charge in [-0.25, -0.2) is 0 Å². The van der Waals surface area contributed by atoms with E-state index in [-0.39, 0.29) is 0 Å². The second-order valence-corrected chi connectivity index (χ2v) is 7.17. The van der Waals surface area contributed by atoms with Crippen LogP contribution in [0.4, 0.5) is 0 Å². The third-order valence-corrected chi connectivity index (χ3v) is 4.72. The molecule has 6 heteroatoms. The largest absolute Gasteiger partial charge is 0.391 e. The van der Waals surface area contributed by atoms with Crippen LogP contribution in [0.5, 0.6) is 0 Å². The lowest BCUT2D eigenvalue weighted by atomic mass is 10.1. The minimum absolute atomic E-state index is 0.335. The van der Waals surface area contributed by atoms with Crippen molar-refractivity contribution in [1.82, 2.24) is 10.2 Å². The number of carbonyl (C=O) groups excluding carboxylic acids is 2. The average Bonchev–Trinajstić information content (AvgIpc) is 2.76. The highest BCUT2D eigenvalue weighted by molar-refractivity contribution is 5.98. The van der Waals surface area contributed by atoms with Crippen LogP contribution in [0.3, 0.4) is 0 Å². The third kappa shape index (κ3) is 6.82. The van der Waals surface area contributed by atoms with E-state index in [0.29, 0.717) is 5.56 Å². The molecule has 158 valence electrons. The lowest BCUT2D eigenvalue weighted by molar-refractivity contribution is -0.125. The van der Waals surface area contributed by atoms with Gasteiger partial charge in [0.1, 0.15) is 12.6 Å². The number of aliphatic hydroxyl groups excluding tert-OH is 2. The highest BCUT2D eigenvalue weighted by Crippen LogP contribution is 2.08. The van der Waals surface area contributed by atoms with Gasteiger partial charge < -0.3 is 20.4 Å². The van der Waals surface area contributed by atoms with Gasteiger partial charge in [0.05, 0.1) is 6.10 Å². The number of amides is 1. The Hall–Kier alpha value is -2.98. The van der Waals surface area contributed by atoms with Crippen LogP contribution in [0.25, 0.3) is 0 Å². The van der Waals surface area contributed by atoms with Crippen LogP contribution in [-0.2, 0) is 11.3 Å². The van der Waals surface area contributed by atoms with Crippen molar-refractivity contribution in [2.24, 2.45) is 0 Å². The number of Topliss-reactive ketones (excluding diaryl/α,β-unsaturated/α-hetero) is 1. The van der Waals surface area contributed by atoms with Crippen molar-refractivity contribution in [2.45, 2.75) is 32.5 Å². The Kier molecular flexibility index (Phi) is 8.75. The number of carbonyl (C=O) groups is 2. The van der Waals surface area contributed by atoms with E-state index < -0.39 is 30.4 Å². The predicted octanol–water partition coefficient (Wildman–Crippen LogP) is 1.58. The van der Waals surface area contributed by atoms with E-state index in [0.717, 1.165) is 24.2 Å². The molecule has 0 unspecified atom stereocenters. The van der Waals surface area contributed by atoms with Gasteiger partial charge >= 0.3 is 0 Å². The summed E-state index contributed by atoms with van der Waals surface area (Å²) in [4.78, 5) is 26.2. The van der Waals surface area contributed by atoms with Crippen molar-refractivity contribution < 1.29 is 19.8 Å². The second-order valence-electron chi connectivity index (χ2n) is 7.17. The van der Waals surface area contributed by atoms with Crippen molar-refractivity contribution in [3.05, 3.63) is 70.8 Å². The van der Waals surface area contributed by atoms with Crippen LogP contribution in [0.15, 0.2) is 48.5 Å². The summed E-state index contributed by atoms with van der Waals surface area (Å²) in [5.74, 6) is 5.02. The third-order valence-electron chi connectivity index (χ3n) is 4.72. The van der Waals surface area contributed by atoms with Gasteiger partial charge in [0, 0.05) is 23.2 Å². The highest BCUT2D eigenvalue weighted by atomic mass is 16.3. The normalized spacial score (nSPS) is 12.6. The standard InChI is InChI=1S/C24H28N2O4/c1-4-26(3)15-20-9-7-18(8-10-20)5-6-19-11-13-21(14-12-19)24(30)25-23(17(2)28)22(29)16-27/h7-14,17,23,27-28H,4,15-16H2,1-3H3,(H,25,30)/t17-,23+/m1/s1. The molecule has 0 aromatic heterocycles. The number of aliphatic hydroxyl groups is 2. The average molecular weight is 408 g/mol. The molecule has 0 bridgehead atoms. The van der Waals surface area contributed by atoms with Crippen molar-refractivity contribution in [2.75, 3.05) is 20.2 Å². The molecule has 0 saturated carbocycles. The fourth-order valence-corrected chi connectivity index (χ4v) is 2.76. The van der Waals surface area contributed by atoms with Crippen molar-refractivity contribution >= 4 is 11.7 Å². The zero-order valence-corrected chi connectivity index (χ0v) is 17.6. The first-order valence-electron chi connectivity index (χ1n) is 9.86. The maximum absolute atomic E-state index is 12.3. The maximum atomic E-state index is 12.3. The summed E-state index contributed by atoms with van der Waals surface area (Å²) in [6.45, 7) is 4.64. The zero-order chi connectivity index (χ0) is 22.1. The number of rotatable bonds is 8. The Morgan fingerprint density at radius 3 is 2.03 bits per heavy atom. The zero-order valence-electron chi connectivity index (χ0n) is 17.6. The number of hydrogen-bond donors (Lipinski definition) is 3. The topological polar surface area (TPSA) is 89.9 Å². The number of nitrogens with one attached hydrogen (secondary N) is 1. The Bertz CT molecular complexity index is 909. The second kappa shape index (κ2) is 11.3. The van der Waals surface area contributed by atoms with Crippen LogP contribution in [0.2, 0.25) is 0 Å². The van der Waals surface area contributed by atoms with Gasteiger partial charge in [-0.15, -0.1) is 0 Å². The summed E-state index contributed by atoms with van der Waals surface area (Å²) in [6, 6.07) is 13.6. The van der Waals surface area contributed by atoms with E-state index in [2.05, 4.69) is 48.2 Å². The predicted molar refractivity (Wildman–Crippen MR) is 116 cm³/mol. The molecular formula is C24H28N2O4. The molecule has 2 rings (SSSR count). The Morgan fingerprint density at radius 2 is 1.57 bits per heavy atom. The van der Waals surface area contributed by atoms with E-state index in [1.54, 1.807) is 24.3 Å². The molecule has 2 atom stereocenters. The van der Waals surface area contributed by atoms with Crippen molar-refractivity contribution in [3.63, 3.8) is 0 Å². The first-order chi connectivity index (χ1) is 14.3. The molecule has 2 aromatic rings. The van der Waals surface area contributed by atoms with Crippen molar-refractivity contribution in [1.29, 1.82) is 0 Å². The van der Waals surface area contributed by atoms with Gasteiger partial charge in [0.2, 0.25) is 0 Å². The van der Waals surface area contributed by atoms with E-state index in [1.807, 2.05) is 12.1 Å². The number of benzene rings is 2. The molecule has 0 radical (unpaired) electrons. The summed E-state index contributed by atoms with van der Waals surface area (Å²) >= 11 is 0. The summed E-state index contributed by atoms with van der Waals surface area (Å²) in [7, 11) is 2.08. The molecule has 0 spiro atoms. The fraction of sp³-hybridized carbons (Fsp3) is 0.333. The number of hydrogen-bond acceptors (Lipinski definition) is 5. The van der Waals surface area contributed by atoms with E-state index in [4.69, 9.17) is 5.11 Å². The van der Waals surface area contributed by atoms with Crippen LogP contribution < -0.4 is 5.32 Å². The first-order valence-corrected chi connectivity index (χ1v) is 9.86. The molecule has 1 amide bonds. The first kappa shape index (κ1) is 23.3. The van der Waals surface area contributed by atoms with Gasteiger partial charge in [-0.05, 0) is 62.5 Å². The molecular weight excluding hydrogens is 380 g/mol. The van der Waals surface area contributed by atoms with E-state index in [1.165, 1.54) is 12.5 Å². The van der Waals surface area contributed by atoms with Gasteiger partial charge in [-0.3, -0.25) is 9.59 Å². The smallest absolute Gasteiger partial charge is 0.251 e. The molecule has 0 heterocycles. The summed E-state index contributed by atoms with van der Waals surface area (Å²) in [5, 5.41) is 21.0. The molecule has 0 fully saturated rings. The Balaban J connectivity index is 2.03. The van der Waals surface area contributed by atoms with Crippen molar-refractivity contribution in [3.8, 4) is 11.8 Å². The Morgan fingerprint density at radius 1 is 1.03 bits per heavy atom. The summed E-state index contributed by atoms with van der Waals surface area (Å²) in [5.41, 5.74) is 3.22. The molecule has 0 aliphatic rings. The molecule has 0 saturated heterocycles. The quantitative estimate of drug-likeness (QED) is 0.577. The molecule has 2 aromatic carbocycles. The van der Waals surface area contributed by atoms with Gasteiger partial charge in [0.15, 0.2) is 5.78 Å². The van der Waals surface area contributed by atoms with Crippen LogP contribution in [0.1, 0.15) is 40.9 Å². The van der Waals surface area contributed by atoms with Gasteiger partial charge in [-0.1, -0.05) is 30.9 Å². The minimum atomic E-state index is -1.15. The molecule has 3 N–H and O–H groups in total. The van der Waals surface area contributed by atoms with E-state index >= 15 is 0 Å². The molecule has 6 nitrogen and oxygen atoms in total. The molecule has 0 aliphatic carbocycles. The Labute approximate surface area is 177 Å². The number of ketones is 1. The van der Waals surface area contributed by atoms with Crippen LogP contribution in [0, 0.1) is 11.8 Å². The maximum Gasteiger partial charge on any atom is 0.251 e. The minimum Gasteiger partial charge on any atom is -0.391 e. The van der Waals surface area contributed by atoms with Gasteiger partial charge in [-0.2, -0.15) is 0 Å². The summed E-state index contributed by atoms with van der Waals surface area (Å²) in [6.07, 6.45) is -1.10. The summed E-state index contributed by atoms with van der Waals surface area (Å²) < 4.78 is 0. The lowest BCUT2D eigenvalue weighted by Crippen LogP contribution is -2.48. The van der Waals surface area contributed by atoms with E-state index in [9.17, 15) is 14.7 Å². The fourth-order valence-electron chi connectivity index (χ4n) is 2.76. The van der Waals surface area contributed by atoms with Crippen LogP contribution in [-0.4, -0.2) is 59.1 Å². The van der Waals surface area contributed by atoms with Gasteiger partial charge in [0.25, 0.3) is 5.91 Å². The molecule has 30 heavy (non-hydrogen) atoms. The molecule has 0 aliphatic heterocycles. The lowest BCUT2D eigenvalue weighted by Gasteiger charge is -2.19. The SMILES string of the molecule is CCN(C)Cc1ccc(C#Cc2ccc(C(=O)N[C@H](C(=O)CO)[C@@H](C)O)cc2)cc1. The number of nitrogens with zero attached hydrogens (tertiary/aromatic N) is 1.